The van der Waals surface area contributed by atoms with Crippen molar-refractivity contribution in [2.75, 3.05) is 26.2 Å². The van der Waals surface area contributed by atoms with E-state index in [1.165, 1.54) is 103 Å². The zero-order chi connectivity index (χ0) is 27.3. The second kappa shape index (κ2) is 16.2. The Bertz CT molecular complexity index is 1090. The Kier molecular flexibility index (Phi) is 12.5. The van der Waals surface area contributed by atoms with Crippen molar-refractivity contribution in [1.29, 1.82) is 0 Å². The molecule has 1 aliphatic heterocycles. The number of aromatic amines is 1. The van der Waals surface area contributed by atoms with Crippen LogP contribution >= 0.6 is 0 Å². The van der Waals surface area contributed by atoms with Crippen LogP contribution in [0.5, 0.6) is 5.75 Å². The summed E-state index contributed by atoms with van der Waals surface area (Å²) in [7, 11) is 0. The van der Waals surface area contributed by atoms with Gasteiger partial charge in [0.2, 0.25) is 0 Å². The lowest BCUT2D eigenvalue weighted by molar-refractivity contribution is 0.0231. The summed E-state index contributed by atoms with van der Waals surface area (Å²) < 4.78 is 6.40. The second-order valence-electron chi connectivity index (χ2n) is 11.9. The average Bonchev–Trinajstić information content (AvgIpc) is 3.34. The van der Waals surface area contributed by atoms with E-state index in [1.54, 1.807) is 0 Å². The zero-order valence-corrected chi connectivity index (χ0v) is 24.6. The predicted molar refractivity (Wildman–Crippen MR) is 166 cm³/mol. The lowest BCUT2D eigenvalue weighted by Crippen LogP contribution is -2.46. The van der Waals surface area contributed by atoms with E-state index in [4.69, 9.17) is 4.74 Å². The molecule has 216 valence electrons. The molecule has 1 aromatic heterocycles. The van der Waals surface area contributed by atoms with E-state index >= 15 is 0 Å². The number of nitrogens with zero attached hydrogens (tertiary/aromatic N) is 1. The number of aromatic nitrogens is 1. The quantitative estimate of drug-likeness (QED) is 0.114. The molecule has 0 aliphatic carbocycles. The maximum atomic E-state index is 10.5. The van der Waals surface area contributed by atoms with Crippen LogP contribution in [0.4, 0.5) is 0 Å². The molecule has 3 N–H and O–H groups in total. The van der Waals surface area contributed by atoms with Crippen LogP contribution in [0.3, 0.4) is 0 Å². The SMILES string of the molecule is CCCCCCCCCCCCCN1CCC(CNC(Oc2cccc3[nH]c4ccccc4c23)[C@H](C)O)CC1. The van der Waals surface area contributed by atoms with Gasteiger partial charge in [-0.2, -0.15) is 0 Å². The van der Waals surface area contributed by atoms with Crippen LogP contribution in [0.15, 0.2) is 42.5 Å². The van der Waals surface area contributed by atoms with E-state index in [1.807, 2.05) is 25.1 Å². The molecule has 2 heterocycles. The number of piperidine rings is 1. The van der Waals surface area contributed by atoms with Gasteiger partial charge in [0.15, 0.2) is 6.23 Å². The number of nitrogens with one attached hydrogen (secondary N) is 2. The van der Waals surface area contributed by atoms with Gasteiger partial charge in [-0.25, -0.2) is 0 Å². The van der Waals surface area contributed by atoms with Crippen LogP contribution < -0.4 is 10.1 Å². The first-order valence-corrected chi connectivity index (χ1v) is 16.0. The lowest BCUT2D eigenvalue weighted by Gasteiger charge is -2.33. The van der Waals surface area contributed by atoms with E-state index in [0.717, 1.165) is 34.1 Å². The van der Waals surface area contributed by atoms with Gasteiger partial charge in [0.1, 0.15) is 11.9 Å². The molecular weight excluding hydrogens is 482 g/mol. The monoisotopic (exact) mass is 535 g/mol. The summed E-state index contributed by atoms with van der Waals surface area (Å²) in [5.74, 6) is 1.44. The summed E-state index contributed by atoms with van der Waals surface area (Å²) in [4.78, 5) is 6.14. The van der Waals surface area contributed by atoms with Gasteiger partial charge in [0.05, 0.1) is 5.52 Å². The van der Waals surface area contributed by atoms with Crippen molar-refractivity contribution in [3.63, 3.8) is 0 Å². The summed E-state index contributed by atoms with van der Waals surface area (Å²) in [6, 6.07) is 14.4. The summed E-state index contributed by atoms with van der Waals surface area (Å²) in [6.07, 6.45) is 16.9. The smallest absolute Gasteiger partial charge is 0.176 e. The van der Waals surface area contributed by atoms with Gasteiger partial charge in [-0.3, -0.25) is 5.32 Å². The van der Waals surface area contributed by atoms with E-state index in [9.17, 15) is 5.11 Å². The maximum Gasteiger partial charge on any atom is 0.176 e. The molecule has 2 atom stereocenters. The Morgan fingerprint density at radius 1 is 0.872 bits per heavy atom. The highest BCUT2D eigenvalue weighted by Gasteiger charge is 2.23. The van der Waals surface area contributed by atoms with E-state index in [2.05, 4.69) is 46.4 Å². The number of hydrogen-bond donors (Lipinski definition) is 3. The zero-order valence-electron chi connectivity index (χ0n) is 24.6. The van der Waals surface area contributed by atoms with Crippen molar-refractivity contribution in [2.24, 2.45) is 5.92 Å². The minimum absolute atomic E-state index is 0.432. The van der Waals surface area contributed by atoms with Crippen molar-refractivity contribution in [3.05, 3.63) is 42.5 Å². The number of aliphatic hydroxyl groups is 1. The van der Waals surface area contributed by atoms with Crippen LogP contribution in [-0.4, -0.2) is 53.5 Å². The first-order chi connectivity index (χ1) is 19.2. The molecule has 0 bridgehead atoms. The van der Waals surface area contributed by atoms with Gasteiger partial charge >= 0.3 is 0 Å². The number of H-pyrrole nitrogens is 1. The number of ether oxygens (including phenoxy) is 1. The molecule has 4 rings (SSSR count). The number of rotatable bonds is 18. The Morgan fingerprint density at radius 3 is 2.21 bits per heavy atom. The normalized spacial score (nSPS) is 16.7. The molecular formula is C34H53N3O2. The molecule has 2 aromatic carbocycles. The van der Waals surface area contributed by atoms with Gasteiger partial charge in [0, 0.05) is 22.8 Å². The molecule has 0 saturated carbocycles. The predicted octanol–water partition coefficient (Wildman–Crippen LogP) is 8.02. The molecule has 1 saturated heterocycles. The summed E-state index contributed by atoms with van der Waals surface area (Å²) in [5.41, 5.74) is 2.16. The van der Waals surface area contributed by atoms with Crippen molar-refractivity contribution >= 4 is 21.8 Å². The molecule has 1 unspecified atom stereocenters. The Morgan fingerprint density at radius 2 is 1.51 bits per heavy atom. The minimum atomic E-state index is -0.605. The topological polar surface area (TPSA) is 60.5 Å². The van der Waals surface area contributed by atoms with Gasteiger partial charge in [-0.1, -0.05) is 95.4 Å². The molecule has 1 aliphatic rings. The van der Waals surface area contributed by atoms with E-state index in [0.29, 0.717) is 5.92 Å². The number of aliphatic hydroxyl groups excluding tert-OH is 1. The average molecular weight is 536 g/mol. The Balaban J connectivity index is 1.12. The standard InChI is InChI=1S/C34H53N3O2/c1-3-4-5-6-7-8-9-10-11-12-15-23-37-24-21-28(22-25-37)26-35-34(27(2)38)39-32-20-16-19-31-33(32)29-17-13-14-18-30(29)36-31/h13-14,16-20,27-28,34-36,38H,3-12,15,21-26H2,1-2H3/t27-,34?/m0/s1. The Hall–Kier alpha value is -2.08. The molecule has 0 spiro atoms. The molecule has 3 aromatic rings. The summed E-state index contributed by atoms with van der Waals surface area (Å²) >= 11 is 0. The highest BCUT2D eigenvalue weighted by molar-refractivity contribution is 6.10. The lowest BCUT2D eigenvalue weighted by atomic mass is 9.96. The molecule has 1 fully saturated rings. The molecule has 5 nitrogen and oxygen atoms in total. The number of benzene rings is 2. The summed E-state index contributed by atoms with van der Waals surface area (Å²) in [5, 5.41) is 16.3. The fraction of sp³-hybridized carbons (Fsp3) is 0.647. The molecule has 5 heteroatoms. The second-order valence-corrected chi connectivity index (χ2v) is 11.9. The van der Waals surface area contributed by atoms with Crippen LogP contribution in [0.2, 0.25) is 0 Å². The highest BCUT2D eigenvalue weighted by Crippen LogP contribution is 2.33. The van der Waals surface area contributed by atoms with Gasteiger partial charge < -0.3 is 19.7 Å². The van der Waals surface area contributed by atoms with Crippen LogP contribution in [-0.2, 0) is 0 Å². The first-order valence-electron chi connectivity index (χ1n) is 16.0. The maximum absolute atomic E-state index is 10.5. The molecule has 0 amide bonds. The van der Waals surface area contributed by atoms with Crippen LogP contribution in [0.1, 0.15) is 97.3 Å². The van der Waals surface area contributed by atoms with Gasteiger partial charge in [0.25, 0.3) is 0 Å². The largest absolute Gasteiger partial charge is 0.472 e. The summed E-state index contributed by atoms with van der Waals surface area (Å²) in [6.45, 7) is 8.62. The minimum Gasteiger partial charge on any atom is -0.472 e. The molecule has 0 radical (unpaired) electrons. The third-order valence-electron chi connectivity index (χ3n) is 8.58. The number of hydrogen-bond acceptors (Lipinski definition) is 4. The number of unbranched alkanes of at least 4 members (excludes halogenated alkanes) is 10. The van der Waals surface area contributed by atoms with Gasteiger partial charge in [-0.15, -0.1) is 0 Å². The highest BCUT2D eigenvalue weighted by atomic mass is 16.5. The number of para-hydroxylation sites is 1. The Labute approximate surface area is 236 Å². The number of likely N-dealkylation sites (tertiary alicyclic amines) is 1. The third kappa shape index (κ3) is 9.23. The van der Waals surface area contributed by atoms with E-state index in [-0.39, 0.29) is 0 Å². The van der Waals surface area contributed by atoms with Crippen LogP contribution in [0, 0.1) is 5.92 Å². The van der Waals surface area contributed by atoms with Gasteiger partial charge in [-0.05, 0) is 69.9 Å². The third-order valence-corrected chi connectivity index (χ3v) is 8.58. The van der Waals surface area contributed by atoms with Crippen molar-refractivity contribution in [1.82, 2.24) is 15.2 Å². The first kappa shape index (κ1) is 29.9. The van der Waals surface area contributed by atoms with Crippen molar-refractivity contribution < 1.29 is 9.84 Å². The van der Waals surface area contributed by atoms with Crippen LogP contribution in [0.25, 0.3) is 21.8 Å². The van der Waals surface area contributed by atoms with E-state index < -0.39 is 12.3 Å². The van der Waals surface area contributed by atoms with Crippen molar-refractivity contribution in [3.8, 4) is 5.75 Å². The molecule has 39 heavy (non-hydrogen) atoms. The fourth-order valence-corrected chi connectivity index (χ4v) is 6.11. The number of fused-ring (bicyclic) bond motifs is 3. The van der Waals surface area contributed by atoms with Crippen molar-refractivity contribution in [2.45, 2.75) is 110 Å². The fourth-order valence-electron chi connectivity index (χ4n) is 6.11.